The van der Waals surface area contributed by atoms with E-state index < -0.39 is 11.9 Å². The number of imide groups is 1. The van der Waals surface area contributed by atoms with E-state index in [0.29, 0.717) is 25.2 Å². The third-order valence-electron chi connectivity index (χ3n) is 3.51. The van der Waals surface area contributed by atoms with Crippen LogP contribution in [0.5, 0.6) is 0 Å². The van der Waals surface area contributed by atoms with E-state index in [1.54, 1.807) is 6.92 Å². The van der Waals surface area contributed by atoms with Crippen LogP contribution in [-0.2, 0) is 9.59 Å². The molecule has 7 heteroatoms. The lowest BCUT2D eigenvalue weighted by Gasteiger charge is -2.25. The molecule has 0 saturated carbocycles. The van der Waals surface area contributed by atoms with Gasteiger partial charge in [0.15, 0.2) is 0 Å². The normalized spacial score (nSPS) is 19.9. The van der Waals surface area contributed by atoms with E-state index in [2.05, 4.69) is 22.5 Å². The number of carbonyl (C=O) groups excluding carboxylic acids is 3. The summed E-state index contributed by atoms with van der Waals surface area (Å²) in [6.45, 7) is 6.35. The molecule has 0 aromatic rings. The van der Waals surface area contributed by atoms with E-state index in [1.807, 2.05) is 0 Å². The number of carbonyl (C=O) groups is 3. The lowest BCUT2D eigenvalue weighted by atomic mass is 9.98. The van der Waals surface area contributed by atoms with Crippen LogP contribution >= 0.6 is 0 Å². The highest BCUT2D eigenvalue weighted by molar-refractivity contribution is 6.00. The second kappa shape index (κ2) is 8.53. The lowest BCUT2D eigenvalue weighted by Crippen LogP contribution is -2.51. The first-order chi connectivity index (χ1) is 9.95. The highest BCUT2D eigenvalue weighted by atomic mass is 16.2. The molecule has 1 heterocycles. The highest BCUT2D eigenvalue weighted by Gasteiger charge is 2.29. The lowest BCUT2D eigenvalue weighted by molar-refractivity contribution is -0.123. The Morgan fingerprint density at radius 3 is 2.67 bits per heavy atom. The molecule has 0 aliphatic carbocycles. The summed E-state index contributed by atoms with van der Waals surface area (Å²) in [6, 6.07) is -0.760. The van der Waals surface area contributed by atoms with Crippen molar-refractivity contribution < 1.29 is 14.4 Å². The number of ketones is 1. The van der Waals surface area contributed by atoms with Crippen molar-refractivity contribution >= 4 is 17.7 Å². The molecule has 1 saturated heterocycles. The van der Waals surface area contributed by atoms with Crippen LogP contribution in [0.3, 0.4) is 0 Å². The van der Waals surface area contributed by atoms with Crippen molar-refractivity contribution in [3.8, 4) is 0 Å². The van der Waals surface area contributed by atoms with Gasteiger partial charge in [-0.05, 0) is 39.3 Å². The number of Topliss-reactive ketones (excluding diaryl/α,β-unsaturated/α-hetero) is 1. The van der Waals surface area contributed by atoms with Gasteiger partial charge in [0.05, 0.1) is 12.0 Å². The van der Waals surface area contributed by atoms with Gasteiger partial charge in [-0.2, -0.15) is 0 Å². The highest BCUT2D eigenvalue weighted by Crippen LogP contribution is 2.14. The molecular formula is C14H24N4O3. The van der Waals surface area contributed by atoms with E-state index in [-0.39, 0.29) is 17.7 Å². The quantitative estimate of drug-likeness (QED) is 0.448. The second-order valence-corrected chi connectivity index (χ2v) is 5.21. The maximum absolute atomic E-state index is 11.7. The summed E-state index contributed by atoms with van der Waals surface area (Å²) >= 11 is 0. The zero-order valence-corrected chi connectivity index (χ0v) is 12.4. The Labute approximate surface area is 124 Å². The number of unbranched alkanes of at least 4 members (excludes halogenated alkanes) is 1. The standard InChI is InChI=1S/C14H24N4O3/c1-9-11(13(20)18-14(21)17-9)6-8-16-12(10(2)19)5-3-4-7-15/h11-12,16H,1,3-8,15H2,2H3,(H2,17,18,20,21)/t11?,12-/m0/s1. The summed E-state index contributed by atoms with van der Waals surface area (Å²) in [7, 11) is 0. The summed E-state index contributed by atoms with van der Waals surface area (Å²) < 4.78 is 0. The van der Waals surface area contributed by atoms with Crippen molar-refractivity contribution in [2.75, 3.05) is 13.1 Å². The van der Waals surface area contributed by atoms with Crippen LogP contribution in [-0.4, -0.2) is 36.9 Å². The second-order valence-electron chi connectivity index (χ2n) is 5.21. The average Bonchev–Trinajstić information content (AvgIpc) is 2.39. The van der Waals surface area contributed by atoms with Crippen LogP contribution in [0.4, 0.5) is 4.79 Å². The van der Waals surface area contributed by atoms with Crippen molar-refractivity contribution in [3.63, 3.8) is 0 Å². The van der Waals surface area contributed by atoms with E-state index in [9.17, 15) is 14.4 Å². The molecule has 1 aliphatic rings. The van der Waals surface area contributed by atoms with Crippen LogP contribution in [0.15, 0.2) is 12.3 Å². The number of rotatable bonds is 9. The van der Waals surface area contributed by atoms with Crippen molar-refractivity contribution in [1.82, 2.24) is 16.0 Å². The molecule has 7 nitrogen and oxygen atoms in total. The van der Waals surface area contributed by atoms with E-state index in [0.717, 1.165) is 19.3 Å². The first-order valence-electron chi connectivity index (χ1n) is 7.20. The Kier molecular flexibility index (Phi) is 7.04. The maximum atomic E-state index is 11.7. The molecule has 1 rings (SSSR count). The fourth-order valence-electron chi connectivity index (χ4n) is 2.27. The first-order valence-corrected chi connectivity index (χ1v) is 7.20. The van der Waals surface area contributed by atoms with Crippen LogP contribution in [0.1, 0.15) is 32.6 Å². The van der Waals surface area contributed by atoms with Gasteiger partial charge in [0.2, 0.25) is 5.91 Å². The minimum Gasteiger partial charge on any atom is -0.330 e. The van der Waals surface area contributed by atoms with E-state index in [1.165, 1.54) is 0 Å². The summed E-state index contributed by atoms with van der Waals surface area (Å²) in [4.78, 5) is 34.3. The van der Waals surface area contributed by atoms with Crippen LogP contribution in [0, 0.1) is 5.92 Å². The van der Waals surface area contributed by atoms with E-state index in [4.69, 9.17) is 5.73 Å². The minimum atomic E-state index is -0.544. The fourth-order valence-corrected chi connectivity index (χ4v) is 2.27. The molecule has 1 fully saturated rings. The molecule has 21 heavy (non-hydrogen) atoms. The van der Waals surface area contributed by atoms with Crippen LogP contribution in [0.2, 0.25) is 0 Å². The smallest absolute Gasteiger partial charge is 0.325 e. The molecule has 5 N–H and O–H groups in total. The molecule has 3 amide bonds. The maximum Gasteiger partial charge on any atom is 0.325 e. The summed E-state index contributed by atoms with van der Waals surface area (Å²) in [5.41, 5.74) is 5.83. The summed E-state index contributed by atoms with van der Waals surface area (Å²) in [6.07, 6.45) is 2.99. The number of amides is 3. The zero-order chi connectivity index (χ0) is 15.8. The van der Waals surface area contributed by atoms with Crippen molar-refractivity contribution in [1.29, 1.82) is 0 Å². The van der Waals surface area contributed by atoms with Gasteiger partial charge >= 0.3 is 6.03 Å². The number of nitrogens with two attached hydrogens (primary N) is 1. The Morgan fingerprint density at radius 1 is 1.38 bits per heavy atom. The summed E-state index contributed by atoms with van der Waals surface area (Å²) in [5, 5.41) is 7.85. The Balaban J connectivity index is 2.39. The largest absolute Gasteiger partial charge is 0.330 e. The van der Waals surface area contributed by atoms with Gasteiger partial charge in [-0.3, -0.25) is 14.9 Å². The summed E-state index contributed by atoms with van der Waals surface area (Å²) in [5.74, 6) is -0.743. The molecular weight excluding hydrogens is 272 g/mol. The van der Waals surface area contributed by atoms with Crippen LogP contribution < -0.4 is 21.7 Å². The first kappa shape index (κ1) is 17.3. The molecule has 0 aromatic heterocycles. The van der Waals surface area contributed by atoms with Gasteiger partial charge in [0.25, 0.3) is 0 Å². The Hall–Kier alpha value is -1.73. The molecule has 1 aliphatic heterocycles. The third-order valence-corrected chi connectivity index (χ3v) is 3.51. The van der Waals surface area contributed by atoms with E-state index >= 15 is 0 Å². The molecule has 0 spiro atoms. The molecule has 0 radical (unpaired) electrons. The Morgan fingerprint density at radius 2 is 2.10 bits per heavy atom. The number of nitrogens with one attached hydrogen (secondary N) is 3. The van der Waals surface area contributed by atoms with Gasteiger partial charge in [-0.1, -0.05) is 13.0 Å². The van der Waals surface area contributed by atoms with Gasteiger partial charge < -0.3 is 16.4 Å². The molecule has 118 valence electrons. The van der Waals surface area contributed by atoms with Crippen molar-refractivity contribution in [2.24, 2.45) is 11.7 Å². The fraction of sp³-hybridized carbons (Fsp3) is 0.643. The van der Waals surface area contributed by atoms with Gasteiger partial charge in [-0.25, -0.2) is 4.79 Å². The van der Waals surface area contributed by atoms with Crippen molar-refractivity contribution in [2.45, 2.75) is 38.6 Å². The third kappa shape index (κ3) is 5.65. The van der Waals surface area contributed by atoms with Crippen molar-refractivity contribution in [3.05, 3.63) is 12.3 Å². The van der Waals surface area contributed by atoms with Crippen LogP contribution in [0.25, 0.3) is 0 Å². The Bertz CT molecular complexity index is 402. The molecule has 0 aromatic carbocycles. The minimum absolute atomic E-state index is 0.0762. The van der Waals surface area contributed by atoms with Gasteiger partial charge in [0.1, 0.15) is 5.78 Å². The molecule has 0 bridgehead atoms. The average molecular weight is 296 g/mol. The van der Waals surface area contributed by atoms with Gasteiger partial charge in [-0.15, -0.1) is 0 Å². The topological polar surface area (TPSA) is 113 Å². The number of urea groups is 1. The SMILES string of the molecule is C=C1NC(=O)NC(=O)C1CCN[C@@H](CCCCN)C(C)=O. The predicted molar refractivity (Wildman–Crippen MR) is 79.3 cm³/mol. The monoisotopic (exact) mass is 296 g/mol. The molecule has 1 unspecified atom stereocenters. The van der Waals surface area contributed by atoms with Gasteiger partial charge in [0, 0.05) is 5.70 Å². The zero-order valence-electron chi connectivity index (χ0n) is 12.4. The number of hydrogen-bond acceptors (Lipinski definition) is 5. The molecule has 2 atom stereocenters. The predicted octanol–water partition coefficient (Wildman–Crippen LogP) is 0.0220. The number of hydrogen-bond donors (Lipinski definition) is 4.